The van der Waals surface area contributed by atoms with Gasteiger partial charge in [-0.3, -0.25) is 0 Å². The van der Waals surface area contributed by atoms with Crippen molar-refractivity contribution in [3.05, 3.63) is 33.8 Å². The summed E-state index contributed by atoms with van der Waals surface area (Å²) in [6.45, 7) is 5.20. The number of halogens is 1. The normalized spacial score (nSPS) is 15.4. The van der Waals surface area contributed by atoms with E-state index < -0.39 is 0 Å². The van der Waals surface area contributed by atoms with Gasteiger partial charge in [-0.1, -0.05) is 22.0 Å². The lowest BCUT2D eigenvalue weighted by atomic mass is 10.1. The molecule has 0 aromatic heterocycles. The molecule has 2 rings (SSSR count). The topological polar surface area (TPSA) is 24.1 Å². The van der Waals surface area contributed by atoms with Gasteiger partial charge in [0, 0.05) is 30.1 Å². The van der Waals surface area contributed by atoms with Crippen molar-refractivity contribution in [1.29, 1.82) is 0 Å². The van der Waals surface area contributed by atoms with Gasteiger partial charge in [-0.25, -0.2) is 0 Å². The molecular formula is C13H19BrN2. The van der Waals surface area contributed by atoms with Crippen molar-refractivity contribution in [3.63, 3.8) is 0 Å². The monoisotopic (exact) mass is 282 g/mol. The van der Waals surface area contributed by atoms with Crippen LogP contribution in [0.1, 0.15) is 24.0 Å². The maximum absolute atomic E-state index is 3.52. The van der Waals surface area contributed by atoms with Crippen LogP contribution in [0, 0.1) is 6.92 Å². The van der Waals surface area contributed by atoms with E-state index in [1.165, 1.54) is 28.4 Å². The first-order chi connectivity index (χ1) is 7.74. The average molecular weight is 283 g/mol. The van der Waals surface area contributed by atoms with E-state index >= 15 is 0 Å². The van der Waals surface area contributed by atoms with Crippen molar-refractivity contribution in [2.45, 2.75) is 32.4 Å². The van der Waals surface area contributed by atoms with Crippen molar-refractivity contribution >= 4 is 15.9 Å². The zero-order chi connectivity index (χ0) is 11.4. The molecule has 0 aliphatic heterocycles. The predicted molar refractivity (Wildman–Crippen MR) is 71.6 cm³/mol. The molecule has 1 saturated carbocycles. The van der Waals surface area contributed by atoms with Crippen LogP contribution in [-0.4, -0.2) is 19.1 Å². The molecule has 3 heteroatoms. The first kappa shape index (κ1) is 12.1. The molecule has 0 atom stereocenters. The van der Waals surface area contributed by atoms with Crippen LogP contribution in [0.4, 0.5) is 0 Å². The van der Waals surface area contributed by atoms with Gasteiger partial charge in [0.05, 0.1) is 0 Å². The lowest BCUT2D eigenvalue weighted by molar-refractivity contribution is 0.608. The second kappa shape index (κ2) is 5.80. The van der Waals surface area contributed by atoms with Crippen LogP contribution in [0.3, 0.4) is 0 Å². The summed E-state index contributed by atoms with van der Waals surface area (Å²) in [5.74, 6) is 0. The molecule has 88 valence electrons. The van der Waals surface area contributed by atoms with Gasteiger partial charge in [-0.05, 0) is 43.0 Å². The largest absolute Gasteiger partial charge is 0.313 e. The minimum Gasteiger partial charge on any atom is -0.313 e. The summed E-state index contributed by atoms with van der Waals surface area (Å²) in [5.41, 5.74) is 2.65. The molecule has 1 aromatic carbocycles. The summed E-state index contributed by atoms with van der Waals surface area (Å²) in [5, 5.41) is 6.95. The standard InChI is InChI=1S/C13H19BrN2/c1-10-6-11(8-12(14)7-10)9-15-4-5-16-13-2-3-13/h6-8,13,15-16H,2-5,9H2,1H3. The van der Waals surface area contributed by atoms with E-state index in [1.807, 2.05) is 0 Å². The molecule has 1 aromatic rings. The Balaban J connectivity index is 1.67. The van der Waals surface area contributed by atoms with E-state index in [0.29, 0.717) is 0 Å². The van der Waals surface area contributed by atoms with Crippen LogP contribution in [0.5, 0.6) is 0 Å². The highest BCUT2D eigenvalue weighted by Gasteiger charge is 2.19. The molecule has 0 unspecified atom stereocenters. The molecule has 0 saturated heterocycles. The fourth-order valence-electron chi connectivity index (χ4n) is 1.80. The van der Waals surface area contributed by atoms with Crippen molar-refractivity contribution in [1.82, 2.24) is 10.6 Å². The van der Waals surface area contributed by atoms with E-state index in [1.54, 1.807) is 0 Å². The molecule has 0 bridgehead atoms. The summed E-state index contributed by atoms with van der Waals surface area (Å²) in [6, 6.07) is 7.35. The Morgan fingerprint density at radius 3 is 2.75 bits per heavy atom. The highest BCUT2D eigenvalue weighted by Crippen LogP contribution is 2.18. The van der Waals surface area contributed by atoms with E-state index in [4.69, 9.17) is 0 Å². The molecule has 0 heterocycles. The van der Waals surface area contributed by atoms with Gasteiger partial charge in [0.15, 0.2) is 0 Å². The second-order valence-corrected chi connectivity index (χ2v) is 5.46. The lowest BCUT2D eigenvalue weighted by Gasteiger charge is -2.07. The van der Waals surface area contributed by atoms with Gasteiger partial charge >= 0.3 is 0 Å². The highest BCUT2D eigenvalue weighted by molar-refractivity contribution is 9.10. The van der Waals surface area contributed by atoms with E-state index in [9.17, 15) is 0 Å². The third-order valence-electron chi connectivity index (χ3n) is 2.74. The molecular weight excluding hydrogens is 264 g/mol. The molecule has 1 fully saturated rings. The van der Waals surface area contributed by atoms with Crippen LogP contribution in [0.25, 0.3) is 0 Å². The van der Waals surface area contributed by atoms with Crippen molar-refractivity contribution in [3.8, 4) is 0 Å². The highest BCUT2D eigenvalue weighted by atomic mass is 79.9. The molecule has 0 spiro atoms. The predicted octanol–water partition coefficient (Wildman–Crippen LogP) is 2.60. The fourth-order valence-corrected chi connectivity index (χ4v) is 2.45. The average Bonchev–Trinajstić information content (AvgIpc) is 2.99. The third-order valence-corrected chi connectivity index (χ3v) is 3.20. The maximum Gasteiger partial charge on any atom is 0.0206 e. The quantitative estimate of drug-likeness (QED) is 0.784. The first-order valence-electron chi connectivity index (χ1n) is 5.94. The Hall–Kier alpha value is -0.380. The van der Waals surface area contributed by atoms with Crippen LogP contribution in [-0.2, 0) is 6.54 Å². The maximum atomic E-state index is 3.52. The van der Waals surface area contributed by atoms with Gasteiger partial charge in [0.1, 0.15) is 0 Å². The van der Waals surface area contributed by atoms with Crippen LogP contribution < -0.4 is 10.6 Å². The summed E-state index contributed by atoms with van der Waals surface area (Å²) in [4.78, 5) is 0. The number of rotatable bonds is 6. The van der Waals surface area contributed by atoms with Gasteiger partial charge in [-0.2, -0.15) is 0 Å². The van der Waals surface area contributed by atoms with Gasteiger partial charge in [0.25, 0.3) is 0 Å². The van der Waals surface area contributed by atoms with Gasteiger partial charge in [0.2, 0.25) is 0 Å². The summed E-state index contributed by atoms with van der Waals surface area (Å²) in [7, 11) is 0. The smallest absolute Gasteiger partial charge is 0.0206 e. The van der Waals surface area contributed by atoms with Crippen LogP contribution >= 0.6 is 15.9 Å². The summed E-state index contributed by atoms with van der Waals surface area (Å²) < 4.78 is 1.17. The third kappa shape index (κ3) is 4.24. The first-order valence-corrected chi connectivity index (χ1v) is 6.73. The number of hydrogen-bond acceptors (Lipinski definition) is 2. The second-order valence-electron chi connectivity index (χ2n) is 4.54. The Morgan fingerprint density at radius 2 is 2.06 bits per heavy atom. The fraction of sp³-hybridized carbons (Fsp3) is 0.538. The van der Waals surface area contributed by atoms with Gasteiger partial charge in [-0.15, -0.1) is 0 Å². The molecule has 0 radical (unpaired) electrons. The Morgan fingerprint density at radius 1 is 1.25 bits per heavy atom. The minimum absolute atomic E-state index is 0.815. The number of hydrogen-bond donors (Lipinski definition) is 2. The Kier molecular flexibility index (Phi) is 4.38. The van der Waals surface area contributed by atoms with E-state index in [0.717, 1.165) is 25.7 Å². The van der Waals surface area contributed by atoms with Crippen molar-refractivity contribution in [2.24, 2.45) is 0 Å². The van der Waals surface area contributed by atoms with Crippen molar-refractivity contribution < 1.29 is 0 Å². The number of nitrogens with one attached hydrogen (secondary N) is 2. The molecule has 2 nitrogen and oxygen atoms in total. The number of aryl methyl sites for hydroxylation is 1. The molecule has 1 aliphatic carbocycles. The zero-order valence-electron chi connectivity index (χ0n) is 9.72. The molecule has 1 aliphatic rings. The van der Waals surface area contributed by atoms with Gasteiger partial charge < -0.3 is 10.6 Å². The Bertz CT molecular complexity index is 328. The molecule has 0 amide bonds. The Labute approximate surface area is 106 Å². The van der Waals surface area contributed by atoms with E-state index in [2.05, 4.69) is 51.7 Å². The SMILES string of the molecule is Cc1cc(Br)cc(CNCCNC2CC2)c1. The van der Waals surface area contributed by atoms with Crippen LogP contribution in [0.15, 0.2) is 22.7 Å². The van der Waals surface area contributed by atoms with E-state index in [-0.39, 0.29) is 0 Å². The lowest BCUT2D eigenvalue weighted by Crippen LogP contribution is -2.28. The summed E-state index contributed by atoms with van der Waals surface area (Å²) in [6.07, 6.45) is 2.73. The summed E-state index contributed by atoms with van der Waals surface area (Å²) >= 11 is 3.52. The molecule has 16 heavy (non-hydrogen) atoms. The zero-order valence-corrected chi connectivity index (χ0v) is 11.3. The van der Waals surface area contributed by atoms with Crippen molar-refractivity contribution in [2.75, 3.05) is 13.1 Å². The minimum atomic E-state index is 0.815. The number of benzene rings is 1. The molecule has 2 N–H and O–H groups in total. The van der Waals surface area contributed by atoms with Crippen LogP contribution in [0.2, 0.25) is 0 Å².